The molecule has 0 saturated heterocycles. The van der Waals surface area contributed by atoms with Crippen molar-refractivity contribution < 1.29 is 13.2 Å². The third-order valence-electron chi connectivity index (χ3n) is 5.28. The molecule has 0 aliphatic heterocycles. The summed E-state index contributed by atoms with van der Waals surface area (Å²) in [6.45, 7) is 4.14. The molecule has 0 aliphatic carbocycles. The van der Waals surface area contributed by atoms with Crippen LogP contribution in [0, 0.1) is 0 Å². The maximum Gasteiger partial charge on any atom is 0.268 e. The van der Waals surface area contributed by atoms with E-state index < -0.39 is 10.0 Å². The molecule has 1 aromatic heterocycles. The number of benzene rings is 3. The van der Waals surface area contributed by atoms with Crippen molar-refractivity contribution >= 4 is 32.8 Å². The van der Waals surface area contributed by atoms with Gasteiger partial charge in [0.15, 0.2) is 5.78 Å². The van der Waals surface area contributed by atoms with Crippen molar-refractivity contribution in [2.24, 2.45) is 0 Å². The SMILES string of the molecule is CC(C)c1ccc(S(=O)(=O)n2cc(/C=C/C(=O)c3ccccc3)c3ccccc32)cc1. The summed E-state index contributed by atoms with van der Waals surface area (Å²) in [5.74, 6) is 0.188. The molecule has 0 radical (unpaired) electrons. The highest BCUT2D eigenvalue weighted by Crippen LogP contribution is 2.27. The Kier molecular flexibility index (Phi) is 5.61. The largest absolute Gasteiger partial charge is 0.289 e. The van der Waals surface area contributed by atoms with Crippen LogP contribution in [0.2, 0.25) is 0 Å². The number of rotatable bonds is 6. The van der Waals surface area contributed by atoms with Crippen LogP contribution < -0.4 is 0 Å². The van der Waals surface area contributed by atoms with Gasteiger partial charge in [-0.3, -0.25) is 4.79 Å². The Morgan fingerprint density at radius 2 is 1.52 bits per heavy atom. The lowest BCUT2D eigenvalue weighted by molar-refractivity contribution is 0.104. The molecule has 0 aliphatic rings. The van der Waals surface area contributed by atoms with Crippen molar-refractivity contribution in [1.29, 1.82) is 0 Å². The van der Waals surface area contributed by atoms with Crippen molar-refractivity contribution in [1.82, 2.24) is 3.97 Å². The molecule has 0 atom stereocenters. The van der Waals surface area contributed by atoms with E-state index in [4.69, 9.17) is 0 Å². The van der Waals surface area contributed by atoms with Gasteiger partial charge in [-0.15, -0.1) is 0 Å². The number of para-hydroxylation sites is 1. The second kappa shape index (κ2) is 8.36. The Hall–Kier alpha value is -3.44. The summed E-state index contributed by atoms with van der Waals surface area (Å²) in [6, 6.07) is 23.3. The Bertz CT molecular complexity index is 1360. The number of ketones is 1. The standard InChI is InChI=1S/C26H23NO3S/c1-19(2)20-12-15-23(16-13-20)31(29,30)27-18-22(24-10-6-7-11-25(24)27)14-17-26(28)21-8-4-3-5-9-21/h3-19H,1-2H3/b17-14+. The first-order valence-corrected chi connectivity index (χ1v) is 11.5. The summed E-state index contributed by atoms with van der Waals surface area (Å²) in [6.07, 6.45) is 4.72. The molecule has 0 amide bonds. The van der Waals surface area contributed by atoms with Crippen LogP contribution in [0.25, 0.3) is 17.0 Å². The minimum atomic E-state index is -3.78. The highest BCUT2D eigenvalue weighted by Gasteiger charge is 2.20. The van der Waals surface area contributed by atoms with E-state index in [1.807, 2.05) is 42.5 Å². The number of fused-ring (bicyclic) bond motifs is 1. The zero-order valence-corrected chi connectivity index (χ0v) is 18.2. The number of hydrogen-bond acceptors (Lipinski definition) is 3. The van der Waals surface area contributed by atoms with Gasteiger partial charge in [0.25, 0.3) is 10.0 Å². The molecule has 156 valence electrons. The van der Waals surface area contributed by atoms with Gasteiger partial charge in [-0.05, 0) is 41.8 Å². The molecule has 0 saturated carbocycles. The van der Waals surface area contributed by atoms with Gasteiger partial charge in [-0.1, -0.05) is 74.5 Å². The van der Waals surface area contributed by atoms with Crippen LogP contribution in [0.3, 0.4) is 0 Å². The first-order valence-electron chi connectivity index (χ1n) is 10.1. The third kappa shape index (κ3) is 4.09. The number of carbonyl (C=O) groups is 1. The maximum absolute atomic E-state index is 13.4. The van der Waals surface area contributed by atoms with Crippen LogP contribution in [0.1, 0.15) is 41.3 Å². The fourth-order valence-corrected chi connectivity index (χ4v) is 4.89. The highest BCUT2D eigenvalue weighted by atomic mass is 32.2. The van der Waals surface area contributed by atoms with Crippen molar-refractivity contribution in [2.45, 2.75) is 24.7 Å². The molecule has 4 nitrogen and oxygen atoms in total. The van der Waals surface area contributed by atoms with E-state index in [1.165, 1.54) is 10.0 Å². The minimum Gasteiger partial charge on any atom is -0.289 e. The Labute approximate surface area is 182 Å². The lowest BCUT2D eigenvalue weighted by Crippen LogP contribution is -2.11. The lowest BCUT2D eigenvalue weighted by atomic mass is 10.0. The first-order chi connectivity index (χ1) is 14.9. The Morgan fingerprint density at radius 3 is 2.19 bits per heavy atom. The Morgan fingerprint density at radius 1 is 0.871 bits per heavy atom. The van der Waals surface area contributed by atoms with Crippen molar-refractivity contribution in [2.75, 3.05) is 0 Å². The van der Waals surface area contributed by atoms with Crippen LogP contribution in [0.15, 0.2) is 96.0 Å². The van der Waals surface area contributed by atoms with E-state index in [0.717, 1.165) is 10.9 Å². The van der Waals surface area contributed by atoms with Crippen LogP contribution in [0.5, 0.6) is 0 Å². The second-order valence-corrected chi connectivity index (χ2v) is 9.50. The van der Waals surface area contributed by atoms with Gasteiger partial charge in [-0.25, -0.2) is 12.4 Å². The molecule has 4 aromatic rings. The normalized spacial score (nSPS) is 12.1. The number of aromatic nitrogens is 1. The molecule has 3 aromatic carbocycles. The molecular weight excluding hydrogens is 406 g/mol. The zero-order chi connectivity index (χ0) is 22.0. The number of allylic oxidation sites excluding steroid dienone is 1. The van der Waals surface area contributed by atoms with E-state index in [0.29, 0.717) is 22.6 Å². The van der Waals surface area contributed by atoms with Gasteiger partial charge in [0.1, 0.15) is 0 Å². The topological polar surface area (TPSA) is 56.1 Å². The second-order valence-electron chi connectivity index (χ2n) is 7.69. The fourth-order valence-electron chi connectivity index (χ4n) is 3.51. The van der Waals surface area contributed by atoms with Gasteiger partial charge in [0.05, 0.1) is 10.4 Å². The quantitative estimate of drug-likeness (QED) is 0.283. The third-order valence-corrected chi connectivity index (χ3v) is 6.97. The van der Waals surface area contributed by atoms with Crippen LogP contribution in [-0.2, 0) is 10.0 Å². The maximum atomic E-state index is 13.4. The molecule has 4 rings (SSSR count). The summed E-state index contributed by atoms with van der Waals surface area (Å²) in [5, 5.41) is 0.766. The molecule has 0 fully saturated rings. The monoisotopic (exact) mass is 429 g/mol. The van der Waals surface area contributed by atoms with Crippen LogP contribution >= 0.6 is 0 Å². The molecule has 0 spiro atoms. The highest BCUT2D eigenvalue weighted by molar-refractivity contribution is 7.90. The van der Waals surface area contributed by atoms with E-state index in [9.17, 15) is 13.2 Å². The van der Waals surface area contributed by atoms with Crippen molar-refractivity contribution in [3.05, 3.63) is 108 Å². The summed E-state index contributed by atoms with van der Waals surface area (Å²) in [4.78, 5) is 12.7. The van der Waals surface area contributed by atoms with Crippen molar-refractivity contribution in [3.8, 4) is 0 Å². The summed E-state index contributed by atoms with van der Waals surface area (Å²) in [7, 11) is -3.78. The van der Waals surface area contributed by atoms with E-state index in [1.54, 1.807) is 48.7 Å². The predicted octanol–water partition coefficient (Wildman–Crippen LogP) is 5.90. The summed E-state index contributed by atoms with van der Waals surface area (Å²) in [5.41, 5.74) is 2.91. The molecular formula is C26H23NO3S. The van der Waals surface area contributed by atoms with Gasteiger partial charge >= 0.3 is 0 Å². The van der Waals surface area contributed by atoms with Gasteiger partial charge in [-0.2, -0.15) is 0 Å². The number of carbonyl (C=O) groups excluding carboxylic acids is 1. The Balaban J connectivity index is 1.76. The minimum absolute atomic E-state index is 0.135. The van der Waals surface area contributed by atoms with E-state index >= 15 is 0 Å². The van der Waals surface area contributed by atoms with Gasteiger partial charge < -0.3 is 0 Å². The average Bonchev–Trinajstić information content (AvgIpc) is 3.17. The number of hydrogen-bond donors (Lipinski definition) is 0. The predicted molar refractivity (Wildman–Crippen MR) is 125 cm³/mol. The molecule has 0 N–H and O–H groups in total. The van der Waals surface area contributed by atoms with Crippen molar-refractivity contribution in [3.63, 3.8) is 0 Å². The first kappa shape index (κ1) is 20.8. The average molecular weight is 430 g/mol. The van der Waals surface area contributed by atoms with E-state index in [2.05, 4.69) is 13.8 Å². The molecule has 5 heteroatoms. The summed E-state index contributed by atoms with van der Waals surface area (Å²) < 4.78 is 28.0. The smallest absolute Gasteiger partial charge is 0.268 e. The van der Waals surface area contributed by atoms with Gasteiger partial charge in [0, 0.05) is 22.7 Å². The lowest BCUT2D eigenvalue weighted by Gasteiger charge is -2.10. The fraction of sp³-hybridized carbons (Fsp3) is 0.115. The van der Waals surface area contributed by atoms with E-state index in [-0.39, 0.29) is 10.7 Å². The van der Waals surface area contributed by atoms with Gasteiger partial charge in [0.2, 0.25) is 0 Å². The molecule has 0 unspecified atom stereocenters. The van der Waals surface area contributed by atoms with Crippen LogP contribution in [-0.4, -0.2) is 18.2 Å². The zero-order valence-electron chi connectivity index (χ0n) is 17.4. The molecule has 0 bridgehead atoms. The molecule has 31 heavy (non-hydrogen) atoms. The summed E-state index contributed by atoms with van der Waals surface area (Å²) >= 11 is 0. The van der Waals surface area contributed by atoms with Crippen LogP contribution in [0.4, 0.5) is 0 Å². The molecule has 1 heterocycles. The number of nitrogens with zero attached hydrogens (tertiary/aromatic N) is 1.